The molecule has 0 bridgehead atoms. The van der Waals surface area contributed by atoms with E-state index in [4.69, 9.17) is 14.6 Å². The molecule has 0 heterocycles. The number of carbonyl (C=O) groups excluding carboxylic acids is 2. The topological polar surface area (TPSA) is 122 Å². The smallest absolute Gasteiger partial charge is 0.412 e. The molecule has 0 aliphatic heterocycles. The van der Waals surface area contributed by atoms with Gasteiger partial charge in [0, 0.05) is 34.5 Å². The number of carbonyl (C=O) groups is 3. The van der Waals surface area contributed by atoms with Gasteiger partial charge in [-0.25, -0.2) is 9.59 Å². The van der Waals surface area contributed by atoms with Crippen LogP contribution in [-0.4, -0.2) is 41.3 Å². The molecule has 2 aromatic carbocycles. The van der Waals surface area contributed by atoms with E-state index in [1.54, 1.807) is 30.3 Å². The number of ketones is 1. The molecule has 8 nitrogen and oxygen atoms in total. The second-order valence-corrected chi connectivity index (χ2v) is 7.10. The Morgan fingerprint density at radius 3 is 2.37 bits per heavy atom. The maximum Gasteiger partial charge on any atom is 0.412 e. The third-order valence-corrected chi connectivity index (χ3v) is 4.56. The summed E-state index contributed by atoms with van der Waals surface area (Å²) in [6.07, 6.45) is -0.937. The van der Waals surface area contributed by atoms with Gasteiger partial charge in [-0.15, -0.1) is 0 Å². The summed E-state index contributed by atoms with van der Waals surface area (Å²) in [6, 6.07) is 10.7. The maximum atomic E-state index is 12.5. The number of phenols is 1. The molecule has 9 heteroatoms. The van der Waals surface area contributed by atoms with E-state index >= 15 is 0 Å². The third-order valence-electron chi connectivity index (χ3n) is 4.07. The fourth-order valence-corrected chi connectivity index (χ4v) is 2.97. The number of ether oxygens (including phenoxy) is 2. The highest BCUT2D eigenvalue weighted by Gasteiger charge is 2.28. The first kappa shape index (κ1) is 23.1. The maximum absolute atomic E-state index is 12.5. The van der Waals surface area contributed by atoms with E-state index < -0.39 is 24.3 Å². The summed E-state index contributed by atoms with van der Waals surface area (Å²) in [5.74, 6) is -1.47. The van der Waals surface area contributed by atoms with Crippen molar-refractivity contribution in [1.82, 2.24) is 0 Å². The molecule has 1 amide bonds. The number of benzene rings is 2. The number of hydrogen-bond donors (Lipinski definition) is 3. The molecule has 0 saturated heterocycles. The monoisotopic (exact) mass is 477 g/mol. The van der Waals surface area contributed by atoms with Crippen LogP contribution in [0.2, 0.25) is 0 Å². The molecule has 0 aromatic heterocycles. The number of aliphatic carboxylic acids is 1. The number of halogens is 1. The molecule has 0 radical (unpaired) electrons. The van der Waals surface area contributed by atoms with Gasteiger partial charge >= 0.3 is 12.1 Å². The highest BCUT2D eigenvalue weighted by atomic mass is 79.9. The standard InChI is InChI=1S/C21H20BrNO7/c1-12(24)13-3-6-15(7-4-13)23-21(28)30-20(18(29-2)9-10-19(26)27)16-11-14(22)5-8-17(16)25/h3-11,18,20,25H,1-2H3,(H,23,28)(H,26,27)/b10-9+/t18-,20-/m0/s1. The largest absolute Gasteiger partial charge is 0.508 e. The predicted molar refractivity (Wildman–Crippen MR) is 113 cm³/mol. The number of anilines is 1. The SMILES string of the molecule is CO[C@@H](/C=C/C(=O)O)[C@@H](OC(=O)Nc1ccc(C(C)=O)cc1)c1cc(Br)ccc1O. The summed E-state index contributed by atoms with van der Waals surface area (Å²) in [6.45, 7) is 1.43. The van der Waals surface area contributed by atoms with Gasteiger partial charge in [-0.05, 0) is 55.5 Å². The van der Waals surface area contributed by atoms with E-state index in [0.29, 0.717) is 15.7 Å². The number of Topliss-reactive ketones (excluding diaryl/α,β-unsaturated/α-hetero) is 1. The molecule has 0 fully saturated rings. The highest BCUT2D eigenvalue weighted by Crippen LogP contribution is 2.34. The molecule has 0 aliphatic carbocycles. The number of rotatable bonds is 8. The Morgan fingerprint density at radius 1 is 1.13 bits per heavy atom. The lowest BCUT2D eigenvalue weighted by atomic mass is 10.0. The summed E-state index contributed by atoms with van der Waals surface area (Å²) in [4.78, 5) is 34.7. The predicted octanol–water partition coefficient (Wildman–Crippen LogP) is 4.30. The summed E-state index contributed by atoms with van der Waals surface area (Å²) >= 11 is 3.29. The van der Waals surface area contributed by atoms with E-state index in [9.17, 15) is 19.5 Å². The normalized spacial score (nSPS) is 12.9. The van der Waals surface area contributed by atoms with E-state index in [1.165, 1.54) is 32.2 Å². The lowest BCUT2D eigenvalue weighted by molar-refractivity contribution is -0.131. The molecule has 0 saturated carbocycles. The van der Waals surface area contributed by atoms with Crippen molar-refractivity contribution < 1.29 is 34.1 Å². The zero-order valence-electron chi connectivity index (χ0n) is 16.2. The average molecular weight is 478 g/mol. The van der Waals surface area contributed by atoms with Crippen molar-refractivity contribution in [2.24, 2.45) is 0 Å². The minimum Gasteiger partial charge on any atom is -0.508 e. The third kappa shape index (κ3) is 6.43. The molecule has 3 N–H and O–H groups in total. The van der Waals surface area contributed by atoms with Crippen molar-refractivity contribution >= 4 is 39.5 Å². The molecular weight excluding hydrogens is 458 g/mol. The van der Waals surface area contributed by atoms with Crippen LogP contribution in [-0.2, 0) is 14.3 Å². The number of carboxylic acid groups (broad SMARTS) is 1. The fourth-order valence-electron chi connectivity index (χ4n) is 2.59. The average Bonchev–Trinajstić information content (AvgIpc) is 2.69. The Kier molecular flexibility index (Phi) is 8.14. The first-order valence-corrected chi connectivity index (χ1v) is 9.51. The van der Waals surface area contributed by atoms with E-state index in [1.807, 2.05) is 0 Å². The van der Waals surface area contributed by atoms with Crippen LogP contribution < -0.4 is 5.32 Å². The van der Waals surface area contributed by atoms with Gasteiger partial charge in [0.2, 0.25) is 0 Å². The quantitative estimate of drug-likeness (QED) is 0.382. The number of phenolic OH excluding ortho intramolecular Hbond substituents is 1. The zero-order chi connectivity index (χ0) is 22.3. The Bertz CT molecular complexity index is 956. The van der Waals surface area contributed by atoms with Crippen LogP contribution in [0, 0.1) is 0 Å². The second kappa shape index (κ2) is 10.6. The molecule has 2 rings (SSSR count). The summed E-state index contributed by atoms with van der Waals surface area (Å²) in [7, 11) is 1.32. The van der Waals surface area contributed by atoms with Crippen LogP contribution in [0.25, 0.3) is 0 Å². The zero-order valence-corrected chi connectivity index (χ0v) is 17.8. The van der Waals surface area contributed by atoms with Crippen LogP contribution in [0.15, 0.2) is 59.1 Å². The van der Waals surface area contributed by atoms with Crippen molar-refractivity contribution in [3.8, 4) is 5.75 Å². The minimum atomic E-state index is -1.20. The first-order chi connectivity index (χ1) is 14.2. The molecule has 158 valence electrons. The van der Waals surface area contributed by atoms with Crippen molar-refractivity contribution in [3.63, 3.8) is 0 Å². The van der Waals surface area contributed by atoms with Gasteiger partial charge in [-0.2, -0.15) is 0 Å². The van der Waals surface area contributed by atoms with Crippen molar-refractivity contribution in [2.75, 3.05) is 12.4 Å². The van der Waals surface area contributed by atoms with Crippen molar-refractivity contribution in [1.29, 1.82) is 0 Å². The van der Waals surface area contributed by atoms with Gasteiger partial charge in [-0.3, -0.25) is 10.1 Å². The van der Waals surface area contributed by atoms with Crippen molar-refractivity contribution in [3.05, 3.63) is 70.2 Å². The number of nitrogens with one attached hydrogen (secondary N) is 1. The van der Waals surface area contributed by atoms with Crippen LogP contribution in [0.5, 0.6) is 5.75 Å². The Labute approximate surface area is 181 Å². The Morgan fingerprint density at radius 2 is 1.80 bits per heavy atom. The molecule has 0 unspecified atom stereocenters. The number of carboxylic acids is 1. The highest BCUT2D eigenvalue weighted by molar-refractivity contribution is 9.10. The van der Waals surface area contributed by atoms with Crippen molar-refractivity contribution in [2.45, 2.75) is 19.1 Å². The molecular formula is C21H20BrNO7. The first-order valence-electron chi connectivity index (χ1n) is 8.72. The molecule has 0 spiro atoms. The van der Waals surface area contributed by atoms with E-state index in [0.717, 1.165) is 6.08 Å². The van der Waals surface area contributed by atoms with Gasteiger partial charge in [0.15, 0.2) is 11.9 Å². The van der Waals surface area contributed by atoms with Gasteiger partial charge < -0.3 is 19.7 Å². The number of methoxy groups -OCH3 is 1. The second-order valence-electron chi connectivity index (χ2n) is 6.19. The number of amides is 1. The molecule has 0 aliphatic rings. The lowest BCUT2D eigenvalue weighted by Gasteiger charge is -2.25. The van der Waals surface area contributed by atoms with Gasteiger partial charge in [0.25, 0.3) is 0 Å². The molecule has 30 heavy (non-hydrogen) atoms. The van der Waals surface area contributed by atoms with Crippen LogP contribution in [0.4, 0.5) is 10.5 Å². The van der Waals surface area contributed by atoms with Gasteiger partial charge in [-0.1, -0.05) is 15.9 Å². The van der Waals surface area contributed by atoms with Crippen LogP contribution >= 0.6 is 15.9 Å². The minimum absolute atomic E-state index is 0.109. The Hall–Kier alpha value is -3.17. The fraction of sp³-hybridized carbons (Fsp3) is 0.190. The molecule has 2 atom stereocenters. The van der Waals surface area contributed by atoms with Crippen LogP contribution in [0.1, 0.15) is 28.9 Å². The Balaban J connectivity index is 2.29. The number of hydrogen-bond acceptors (Lipinski definition) is 6. The van der Waals surface area contributed by atoms with Crippen LogP contribution in [0.3, 0.4) is 0 Å². The number of aromatic hydroxyl groups is 1. The molecule has 2 aromatic rings. The van der Waals surface area contributed by atoms with E-state index in [-0.39, 0.29) is 17.1 Å². The van der Waals surface area contributed by atoms with Gasteiger partial charge in [0.1, 0.15) is 11.9 Å². The lowest BCUT2D eigenvalue weighted by Crippen LogP contribution is -2.27. The summed E-state index contributed by atoms with van der Waals surface area (Å²) in [5.41, 5.74) is 1.09. The summed E-state index contributed by atoms with van der Waals surface area (Å²) in [5, 5.41) is 21.7. The van der Waals surface area contributed by atoms with Gasteiger partial charge in [0.05, 0.1) is 0 Å². The summed E-state index contributed by atoms with van der Waals surface area (Å²) < 4.78 is 11.4. The van der Waals surface area contributed by atoms with E-state index in [2.05, 4.69) is 21.2 Å².